The summed E-state index contributed by atoms with van der Waals surface area (Å²) in [5, 5.41) is 2.11. The van der Waals surface area contributed by atoms with E-state index in [4.69, 9.17) is 4.74 Å². The van der Waals surface area contributed by atoms with Crippen molar-refractivity contribution in [2.45, 2.75) is 11.8 Å². The van der Waals surface area contributed by atoms with Crippen molar-refractivity contribution >= 4 is 27.3 Å². The zero-order valence-electron chi connectivity index (χ0n) is 16.8. The fourth-order valence-corrected chi connectivity index (χ4v) is 4.33. The second-order valence-corrected chi connectivity index (χ2v) is 8.50. The summed E-state index contributed by atoms with van der Waals surface area (Å²) < 4.78 is 60.7. The molecule has 0 aliphatic rings. The van der Waals surface area contributed by atoms with Gasteiger partial charge in [0.25, 0.3) is 10.0 Å². The fraction of sp³-hybridized carbons (Fsp3) is 0.136. The summed E-state index contributed by atoms with van der Waals surface area (Å²) in [6.07, 6.45) is 0. The third-order valence-electron chi connectivity index (χ3n) is 4.48. The highest BCUT2D eigenvalue weighted by molar-refractivity contribution is 7.92. The van der Waals surface area contributed by atoms with Crippen LogP contribution in [0.1, 0.15) is 5.56 Å². The molecular weight excluding hydrogens is 426 g/mol. The summed E-state index contributed by atoms with van der Waals surface area (Å²) >= 11 is 0. The maximum Gasteiger partial charge on any atom is 0.264 e. The smallest absolute Gasteiger partial charge is 0.264 e. The summed E-state index contributed by atoms with van der Waals surface area (Å²) in [4.78, 5) is 12.6. The first-order chi connectivity index (χ1) is 14.7. The van der Waals surface area contributed by atoms with Crippen LogP contribution >= 0.6 is 0 Å². The summed E-state index contributed by atoms with van der Waals surface area (Å²) in [7, 11) is -2.84. The number of ether oxygens (including phenoxy) is 1. The average molecular weight is 446 g/mol. The molecule has 3 aromatic carbocycles. The molecule has 162 valence electrons. The van der Waals surface area contributed by atoms with Crippen LogP contribution in [0, 0.1) is 18.6 Å². The van der Waals surface area contributed by atoms with Crippen molar-refractivity contribution in [2.75, 3.05) is 23.3 Å². The Morgan fingerprint density at radius 3 is 2.19 bits per heavy atom. The Balaban J connectivity index is 2.02. The van der Waals surface area contributed by atoms with Gasteiger partial charge in [-0.3, -0.25) is 9.10 Å². The van der Waals surface area contributed by atoms with Crippen molar-refractivity contribution in [3.8, 4) is 5.75 Å². The normalized spacial score (nSPS) is 11.1. The minimum atomic E-state index is -4.21. The van der Waals surface area contributed by atoms with Gasteiger partial charge < -0.3 is 10.1 Å². The van der Waals surface area contributed by atoms with Crippen LogP contribution < -0.4 is 14.4 Å². The molecule has 0 unspecified atom stereocenters. The van der Waals surface area contributed by atoms with Crippen molar-refractivity contribution in [2.24, 2.45) is 0 Å². The molecular formula is C22H20F2N2O4S. The van der Waals surface area contributed by atoms with Gasteiger partial charge in [0.1, 0.15) is 29.6 Å². The van der Waals surface area contributed by atoms with Crippen LogP contribution in [-0.2, 0) is 14.8 Å². The van der Waals surface area contributed by atoms with Crippen LogP contribution in [0.4, 0.5) is 20.2 Å². The van der Waals surface area contributed by atoms with E-state index >= 15 is 0 Å². The van der Waals surface area contributed by atoms with Gasteiger partial charge in [0.05, 0.1) is 17.7 Å². The topological polar surface area (TPSA) is 75.7 Å². The van der Waals surface area contributed by atoms with E-state index in [0.29, 0.717) is 0 Å². The van der Waals surface area contributed by atoms with E-state index in [0.717, 1.165) is 28.1 Å². The number of nitrogens with one attached hydrogen (secondary N) is 1. The second kappa shape index (κ2) is 9.13. The average Bonchev–Trinajstić information content (AvgIpc) is 2.75. The number of aryl methyl sites for hydroxylation is 1. The van der Waals surface area contributed by atoms with Crippen LogP contribution in [0.3, 0.4) is 0 Å². The van der Waals surface area contributed by atoms with Crippen LogP contribution in [-0.4, -0.2) is 28.0 Å². The number of methoxy groups -OCH3 is 1. The third-order valence-corrected chi connectivity index (χ3v) is 6.25. The van der Waals surface area contributed by atoms with Crippen LogP contribution in [0.25, 0.3) is 0 Å². The number of nitrogens with zero attached hydrogens (tertiary/aromatic N) is 1. The predicted molar refractivity (Wildman–Crippen MR) is 114 cm³/mol. The highest BCUT2D eigenvalue weighted by Crippen LogP contribution is 2.32. The fourth-order valence-electron chi connectivity index (χ4n) is 2.90. The molecule has 3 aromatic rings. The molecule has 1 amide bonds. The molecule has 0 heterocycles. The molecule has 0 atom stereocenters. The maximum atomic E-state index is 13.9. The lowest BCUT2D eigenvalue weighted by atomic mass is 10.2. The van der Waals surface area contributed by atoms with Crippen molar-refractivity contribution in [3.63, 3.8) is 0 Å². The predicted octanol–water partition coefficient (Wildman–Crippen LogP) is 4.12. The number of sulfonamides is 1. The maximum absolute atomic E-state index is 13.9. The monoisotopic (exact) mass is 446 g/mol. The van der Waals surface area contributed by atoms with Gasteiger partial charge in [-0.15, -0.1) is 0 Å². The first kappa shape index (κ1) is 22.2. The molecule has 3 rings (SSSR count). The zero-order valence-corrected chi connectivity index (χ0v) is 17.6. The van der Waals surface area contributed by atoms with E-state index < -0.39 is 39.8 Å². The summed E-state index contributed by atoms with van der Waals surface area (Å²) in [6, 6.07) is 15.5. The van der Waals surface area contributed by atoms with Gasteiger partial charge >= 0.3 is 0 Å². The molecule has 9 heteroatoms. The number of carbonyl (C=O) groups is 1. The Morgan fingerprint density at radius 1 is 0.968 bits per heavy atom. The quantitative estimate of drug-likeness (QED) is 0.593. The number of anilines is 2. The number of benzene rings is 3. The molecule has 0 saturated heterocycles. The highest BCUT2D eigenvalue weighted by atomic mass is 32.2. The van der Waals surface area contributed by atoms with Crippen molar-refractivity contribution in [3.05, 3.63) is 83.9 Å². The number of amides is 1. The first-order valence-corrected chi connectivity index (χ1v) is 10.6. The van der Waals surface area contributed by atoms with Gasteiger partial charge in [-0.05, 0) is 43.3 Å². The first-order valence-electron chi connectivity index (χ1n) is 9.20. The Hall–Kier alpha value is -3.46. The molecule has 1 N–H and O–H groups in total. The molecule has 31 heavy (non-hydrogen) atoms. The van der Waals surface area contributed by atoms with Crippen molar-refractivity contribution < 1.29 is 26.7 Å². The van der Waals surface area contributed by atoms with Gasteiger partial charge in [0.15, 0.2) is 0 Å². The summed E-state index contributed by atoms with van der Waals surface area (Å²) in [6.45, 7) is 1.08. The van der Waals surface area contributed by atoms with Gasteiger partial charge in [-0.2, -0.15) is 0 Å². The van der Waals surface area contributed by atoms with E-state index in [1.54, 1.807) is 30.3 Å². The van der Waals surface area contributed by atoms with Crippen LogP contribution in [0.2, 0.25) is 0 Å². The summed E-state index contributed by atoms with van der Waals surface area (Å²) in [5.41, 5.74) is 0.311. The Morgan fingerprint density at radius 2 is 1.58 bits per heavy atom. The van der Waals surface area contributed by atoms with Crippen LogP contribution in [0.5, 0.6) is 5.75 Å². The molecule has 0 aromatic heterocycles. The standard InChI is InChI=1S/C22H20F2N2O4S/c1-15-10-12-16(13-11-15)31(28,29)26(19-8-3-4-9-20(19)30-2)14-21(27)25-22-17(23)6-5-7-18(22)24/h3-13H,14H2,1-2H3,(H,25,27). The third kappa shape index (κ3) is 4.83. The minimum Gasteiger partial charge on any atom is -0.495 e. The number of rotatable bonds is 7. The SMILES string of the molecule is COc1ccccc1N(CC(=O)Nc1c(F)cccc1F)S(=O)(=O)c1ccc(C)cc1. The van der Waals surface area contributed by atoms with Crippen molar-refractivity contribution in [1.82, 2.24) is 0 Å². The van der Waals surface area contributed by atoms with Gasteiger partial charge in [0.2, 0.25) is 5.91 Å². The Kier molecular flexibility index (Phi) is 6.55. The van der Waals surface area contributed by atoms with Crippen molar-refractivity contribution in [1.29, 1.82) is 0 Å². The number of carbonyl (C=O) groups excluding carboxylic acids is 1. The van der Waals surface area contributed by atoms with Crippen LogP contribution in [0.15, 0.2) is 71.6 Å². The molecule has 0 aliphatic carbocycles. The van der Waals surface area contributed by atoms with E-state index in [9.17, 15) is 22.0 Å². The molecule has 0 aliphatic heterocycles. The van der Waals surface area contributed by atoms with E-state index in [-0.39, 0.29) is 16.3 Å². The number of halogens is 2. The second-order valence-electron chi connectivity index (χ2n) is 6.64. The van der Waals surface area contributed by atoms with E-state index in [2.05, 4.69) is 5.32 Å². The number of hydrogen-bond donors (Lipinski definition) is 1. The molecule has 0 radical (unpaired) electrons. The van der Waals surface area contributed by atoms with E-state index in [1.807, 2.05) is 6.92 Å². The Bertz CT molecular complexity index is 1180. The summed E-state index contributed by atoms with van der Waals surface area (Å²) in [5.74, 6) is -2.66. The lowest BCUT2D eigenvalue weighted by Crippen LogP contribution is -2.38. The minimum absolute atomic E-state index is 0.0473. The molecule has 0 bridgehead atoms. The number of para-hydroxylation sites is 3. The zero-order chi connectivity index (χ0) is 22.6. The molecule has 0 saturated carbocycles. The lowest BCUT2D eigenvalue weighted by Gasteiger charge is -2.25. The molecule has 0 fully saturated rings. The lowest BCUT2D eigenvalue weighted by molar-refractivity contribution is -0.114. The molecule has 0 spiro atoms. The van der Waals surface area contributed by atoms with Gasteiger partial charge in [-0.25, -0.2) is 17.2 Å². The van der Waals surface area contributed by atoms with Gasteiger partial charge in [0, 0.05) is 0 Å². The Labute approximate surface area is 179 Å². The highest BCUT2D eigenvalue weighted by Gasteiger charge is 2.29. The number of hydrogen-bond acceptors (Lipinski definition) is 4. The molecule has 6 nitrogen and oxygen atoms in total. The van der Waals surface area contributed by atoms with Gasteiger partial charge in [-0.1, -0.05) is 35.9 Å². The largest absolute Gasteiger partial charge is 0.495 e. The van der Waals surface area contributed by atoms with E-state index in [1.165, 1.54) is 25.3 Å².